The number of ether oxygens (including phenoxy) is 1. The third-order valence-electron chi connectivity index (χ3n) is 3.99. The fourth-order valence-electron chi connectivity index (χ4n) is 2.58. The molecule has 2 nitrogen and oxygen atoms in total. The van der Waals surface area contributed by atoms with Crippen molar-refractivity contribution in [2.75, 3.05) is 6.61 Å². The molecule has 0 N–H and O–H groups in total. The first-order valence-electron chi connectivity index (χ1n) is 8.47. The van der Waals surface area contributed by atoms with Crippen LogP contribution < -0.4 is 0 Å². The Labute approximate surface area is 139 Å². The van der Waals surface area contributed by atoms with Crippen molar-refractivity contribution in [1.82, 2.24) is 0 Å². The van der Waals surface area contributed by atoms with Crippen LogP contribution in [0.3, 0.4) is 0 Å². The molecule has 0 saturated carbocycles. The number of hydrogen-bond donors (Lipinski definition) is 0. The van der Waals surface area contributed by atoms with Crippen molar-refractivity contribution in [3.05, 3.63) is 71.8 Å². The summed E-state index contributed by atoms with van der Waals surface area (Å²) in [4.78, 5) is 11.8. The van der Waals surface area contributed by atoms with E-state index in [1.165, 1.54) is 11.1 Å². The molecule has 0 saturated heterocycles. The predicted octanol–water partition coefficient (Wildman–Crippen LogP) is 4.82. The Morgan fingerprint density at radius 2 is 1.48 bits per heavy atom. The van der Waals surface area contributed by atoms with E-state index in [0.29, 0.717) is 18.9 Å². The summed E-state index contributed by atoms with van der Waals surface area (Å²) < 4.78 is 5.39. The molecule has 2 aromatic rings. The molecule has 2 heteroatoms. The van der Waals surface area contributed by atoms with Gasteiger partial charge in [0.05, 0.1) is 6.61 Å². The topological polar surface area (TPSA) is 26.3 Å². The minimum atomic E-state index is -0.0937. The van der Waals surface area contributed by atoms with E-state index >= 15 is 0 Å². The molecule has 0 aliphatic heterocycles. The van der Waals surface area contributed by atoms with Crippen LogP contribution in [0.1, 0.15) is 37.3 Å². The quantitative estimate of drug-likeness (QED) is 0.621. The summed E-state index contributed by atoms with van der Waals surface area (Å²) in [5.41, 5.74) is 2.56. The fourth-order valence-corrected chi connectivity index (χ4v) is 2.58. The monoisotopic (exact) mass is 310 g/mol. The van der Waals surface area contributed by atoms with E-state index in [9.17, 15) is 4.79 Å². The summed E-state index contributed by atoms with van der Waals surface area (Å²) in [5, 5.41) is 0. The maximum absolute atomic E-state index is 11.8. The molecule has 0 amide bonds. The van der Waals surface area contributed by atoms with Gasteiger partial charge in [0, 0.05) is 6.42 Å². The molecule has 0 aliphatic rings. The second-order valence-corrected chi connectivity index (χ2v) is 6.15. The number of hydrogen-bond acceptors (Lipinski definition) is 2. The van der Waals surface area contributed by atoms with Crippen LogP contribution in [-0.2, 0) is 22.4 Å². The van der Waals surface area contributed by atoms with E-state index in [-0.39, 0.29) is 5.97 Å². The molecular weight excluding hydrogens is 284 g/mol. The lowest BCUT2D eigenvalue weighted by atomic mass is 10.0. The zero-order valence-electron chi connectivity index (χ0n) is 13.9. The van der Waals surface area contributed by atoms with Gasteiger partial charge in [-0.15, -0.1) is 0 Å². The molecule has 0 radical (unpaired) electrons. The van der Waals surface area contributed by atoms with Crippen LogP contribution in [0.25, 0.3) is 0 Å². The van der Waals surface area contributed by atoms with Gasteiger partial charge in [-0.2, -0.15) is 0 Å². The van der Waals surface area contributed by atoms with E-state index in [2.05, 4.69) is 31.2 Å². The zero-order valence-corrected chi connectivity index (χ0v) is 13.9. The molecule has 122 valence electrons. The molecule has 0 unspecified atom stereocenters. The molecule has 0 aliphatic carbocycles. The van der Waals surface area contributed by atoms with Gasteiger partial charge in [-0.3, -0.25) is 4.79 Å². The van der Waals surface area contributed by atoms with E-state index in [1.54, 1.807) is 0 Å². The third-order valence-corrected chi connectivity index (χ3v) is 3.99. The Hall–Kier alpha value is -2.09. The molecule has 0 bridgehead atoms. The Kier molecular flexibility index (Phi) is 7.38. The van der Waals surface area contributed by atoms with Gasteiger partial charge >= 0.3 is 5.97 Å². The van der Waals surface area contributed by atoms with Gasteiger partial charge in [-0.05, 0) is 42.7 Å². The number of rotatable bonds is 9. The predicted molar refractivity (Wildman–Crippen MR) is 94.3 cm³/mol. The van der Waals surface area contributed by atoms with Gasteiger partial charge in [0.15, 0.2) is 0 Å². The summed E-state index contributed by atoms with van der Waals surface area (Å²) in [6, 6.07) is 20.6. The Bertz CT molecular complexity index is 563. The van der Waals surface area contributed by atoms with Gasteiger partial charge in [0.1, 0.15) is 0 Å². The maximum atomic E-state index is 11.8. The first-order valence-corrected chi connectivity index (χ1v) is 8.47. The molecule has 0 aromatic heterocycles. The molecule has 23 heavy (non-hydrogen) atoms. The lowest BCUT2D eigenvalue weighted by Crippen LogP contribution is -2.12. The number of carbonyl (C=O) groups is 1. The highest BCUT2D eigenvalue weighted by Gasteiger charge is 2.08. The van der Waals surface area contributed by atoms with Crippen LogP contribution in [0.15, 0.2) is 60.7 Å². The fraction of sp³-hybridized carbons (Fsp3) is 0.381. The molecule has 0 heterocycles. The number of carbonyl (C=O) groups excluding carboxylic acids is 1. The Balaban J connectivity index is 1.56. The smallest absolute Gasteiger partial charge is 0.306 e. The lowest BCUT2D eigenvalue weighted by molar-refractivity contribution is -0.144. The number of benzene rings is 2. The summed E-state index contributed by atoms with van der Waals surface area (Å²) in [6.07, 6.45) is 4.52. The normalized spacial score (nSPS) is 11.9. The van der Waals surface area contributed by atoms with Gasteiger partial charge in [-0.1, -0.05) is 67.6 Å². The van der Waals surface area contributed by atoms with E-state index < -0.39 is 0 Å². The van der Waals surface area contributed by atoms with Crippen molar-refractivity contribution in [2.24, 2.45) is 5.92 Å². The summed E-state index contributed by atoms with van der Waals surface area (Å²) in [7, 11) is 0. The zero-order chi connectivity index (χ0) is 16.3. The lowest BCUT2D eigenvalue weighted by Gasteiger charge is -2.12. The number of aryl methyl sites for hydroxylation is 2. The molecule has 2 rings (SSSR count). The minimum absolute atomic E-state index is 0.0937. The maximum Gasteiger partial charge on any atom is 0.306 e. The van der Waals surface area contributed by atoms with Crippen molar-refractivity contribution in [2.45, 2.75) is 39.0 Å². The third kappa shape index (κ3) is 7.14. The SMILES string of the molecule is C[C@@H](CCCc1ccccc1)COC(=O)CCc1ccccc1. The van der Waals surface area contributed by atoms with Crippen LogP contribution in [0.2, 0.25) is 0 Å². The average Bonchev–Trinajstić information content (AvgIpc) is 2.60. The second kappa shape index (κ2) is 9.83. The van der Waals surface area contributed by atoms with Crippen LogP contribution in [0.4, 0.5) is 0 Å². The van der Waals surface area contributed by atoms with E-state index in [0.717, 1.165) is 25.7 Å². The summed E-state index contributed by atoms with van der Waals surface area (Å²) in [6.45, 7) is 2.68. The van der Waals surface area contributed by atoms with Crippen molar-refractivity contribution < 1.29 is 9.53 Å². The van der Waals surface area contributed by atoms with Crippen LogP contribution in [0, 0.1) is 5.92 Å². The van der Waals surface area contributed by atoms with E-state index in [1.807, 2.05) is 36.4 Å². The van der Waals surface area contributed by atoms with Crippen molar-refractivity contribution in [1.29, 1.82) is 0 Å². The van der Waals surface area contributed by atoms with Gasteiger partial charge < -0.3 is 4.74 Å². The largest absolute Gasteiger partial charge is 0.465 e. The van der Waals surface area contributed by atoms with E-state index in [4.69, 9.17) is 4.74 Å². The molecule has 0 fully saturated rings. The first-order chi connectivity index (χ1) is 11.2. The van der Waals surface area contributed by atoms with Crippen molar-refractivity contribution in [3.63, 3.8) is 0 Å². The molecule has 1 atom stereocenters. The summed E-state index contributed by atoms with van der Waals surface area (Å²) >= 11 is 0. The Morgan fingerprint density at radius 1 is 0.913 bits per heavy atom. The highest BCUT2D eigenvalue weighted by molar-refractivity contribution is 5.69. The molecule has 2 aromatic carbocycles. The highest BCUT2D eigenvalue weighted by Crippen LogP contribution is 2.11. The summed E-state index contributed by atoms with van der Waals surface area (Å²) in [5.74, 6) is 0.322. The van der Waals surface area contributed by atoms with Crippen LogP contribution in [0.5, 0.6) is 0 Å². The molecular formula is C21H26O2. The molecule has 0 spiro atoms. The van der Waals surface area contributed by atoms with Crippen LogP contribution in [-0.4, -0.2) is 12.6 Å². The van der Waals surface area contributed by atoms with Gasteiger partial charge in [-0.25, -0.2) is 0 Å². The highest BCUT2D eigenvalue weighted by atomic mass is 16.5. The number of esters is 1. The minimum Gasteiger partial charge on any atom is -0.465 e. The second-order valence-electron chi connectivity index (χ2n) is 6.15. The van der Waals surface area contributed by atoms with Gasteiger partial charge in [0.2, 0.25) is 0 Å². The van der Waals surface area contributed by atoms with Crippen molar-refractivity contribution >= 4 is 5.97 Å². The van der Waals surface area contributed by atoms with Gasteiger partial charge in [0.25, 0.3) is 0 Å². The van der Waals surface area contributed by atoms with Crippen molar-refractivity contribution in [3.8, 4) is 0 Å². The standard InChI is InChI=1S/C21H26O2/c1-18(9-8-14-19-10-4-2-5-11-19)17-23-21(22)16-15-20-12-6-3-7-13-20/h2-7,10-13,18H,8-9,14-17H2,1H3/t18-/m0/s1. The first kappa shape index (κ1) is 17.3. The average molecular weight is 310 g/mol. The van der Waals surface area contributed by atoms with Crippen LogP contribution >= 0.6 is 0 Å². The Morgan fingerprint density at radius 3 is 2.09 bits per heavy atom.